The summed E-state index contributed by atoms with van der Waals surface area (Å²) in [5, 5.41) is 22.4. The molecule has 1 aromatic heterocycles. The van der Waals surface area contributed by atoms with Crippen molar-refractivity contribution in [1.29, 1.82) is 0 Å². The van der Waals surface area contributed by atoms with Gasteiger partial charge in [0.15, 0.2) is 0 Å². The second kappa shape index (κ2) is 5.70. The lowest BCUT2D eigenvalue weighted by molar-refractivity contribution is -0.384. The van der Waals surface area contributed by atoms with Crippen LogP contribution in [0.5, 0.6) is 0 Å². The Kier molecular flexibility index (Phi) is 3.59. The van der Waals surface area contributed by atoms with Gasteiger partial charge in [-0.05, 0) is 18.9 Å². The molecule has 1 aliphatic rings. The highest BCUT2D eigenvalue weighted by molar-refractivity contribution is 5.89. The molecule has 1 aromatic carbocycles. The molecule has 3 rings (SSSR count). The minimum Gasteiger partial charge on any atom is -0.371 e. The molecule has 0 atom stereocenters. The summed E-state index contributed by atoms with van der Waals surface area (Å²) in [4.78, 5) is 12.8. The van der Waals surface area contributed by atoms with Crippen LogP contribution in [0.3, 0.4) is 0 Å². The van der Waals surface area contributed by atoms with E-state index in [4.69, 9.17) is 0 Å². The molecule has 0 saturated carbocycles. The lowest BCUT2D eigenvalue weighted by Gasteiger charge is -2.19. The van der Waals surface area contributed by atoms with Crippen LogP contribution >= 0.6 is 0 Å². The van der Waals surface area contributed by atoms with E-state index in [2.05, 4.69) is 20.2 Å². The number of hydrogen-bond donors (Lipinski definition) is 0. The number of non-ortho nitro benzene ring substituents is 1. The Morgan fingerprint density at radius 2 is 1.95 bits per heavy atom. The molecule has 0 radical (unpaired) electrons. The van der Waals surface area contributed by atoms with Crippen LogP contribution in [0.4, 0.5) is 11.4 Å². The smallest absolute Gasteiger partial charge is 0.270 e. The second-order valence-electron chi connectivity index (χ2n) is 4.78. The van der Waals surface area contributed by atoms with Crippen LogP contribution in [0.15, 0.2) is 36.0 Å². The van der Waals surface area contributed by atoms with Crippen LogP contribution in [0.2, 0.25) is 0 Å². The average Bonchev–Trinajstić information content (AvgIpc) is 3.18. The van der Waals surface area contributed by atoms with Gasteiger partial charge in [0, 0.05) is 36.5 Å². The van der Waals surface area contributed by atoms with Crippen LogP contribution in [0, 0.1) is 10.1 Å². The Hall–Kier alpha value is -2.77. The molecule has 108 valence electrons. The first-order valence-electron chi connectivity index (χ1n) is 6.66. The normalized spacial score (nSPS) is 15.0. The molecule has 0 bridgehead atoms. The lowest BCUT2D eigenvalue weighted by Crippen LogP contribution is -2.19. The zero-order valence-electron chi connectivity index (χ0n) is 11.3. The third-order valence-corrected chi connectivity index (χ3v) is 3.41. The molecular formula is C13H14N6O2. The Morgan fingerprint density at radius 3 is 2.62 bits per heavy atom. The van der Waals surface area contributed by atoms with Gasteiger partial charge < -0.3 is 4.90 Å². The van der Waals surface area contributed by atoms with Gasteiger partial charge in [-0.2, -0.15) is 5.10 Å². The van der Waals surface area contributed by atoms with Crippen LogP contribution in [-0.4, -0.2) is 39.1 Å². The van der Waals surface area contributed by atoms with Crippen molar-refractivity contribution < 1.29 is 4.92 Å². The Bertz CT molecular complexity index is 661. The van der Waals surface area contributed by atoms with E-state index in [-0.39, 0.29) is 5.69 Å². The fourth-order valence-corrected chi connectivity index (χ4v) is 2.39. The predicted octanol–water partition coefficient (Wildman–Crippen LogP) is 1.67. The molecule has 0 aliphatic carbocycles. The summed E-state index contributed by atoms with van der Waals surface area (Å²) in [7, 11) is 0. The van der Waals surface area contributed by atoms with Gasteiger partial charge in [-0.25, -0.2) is 4.68 Å². The molecule has 0 amide bonds. The van der Waals surface area contributed by atoms with Crippen molar-refractivity contribution in [2.45, 2.75) is 12.8 Å². The molecule has 1 fully saturated rings. The maximum absolute atomic E-state index is 10.9. The van der Waals surface area contributed by atoms with Crippen molar-refractivity contribution in [1.82, 2.24) is 14.9 Å². The van der Waals surface area contributed by atoms with Crippen LogP contribution in [-0.2, 0) is 0 Å². The van der Waals surface area contributed by atoms with Gasteiger partial charge in [-0.15, -0.1) is 10.2 Å². The van der Waals surface area contributed by atoms with Crippen LogP contribution < -0.4 is 4.90 Å². The topological polar surface area (TPSA) is 89.5 Å². The molecule has 21 heavy (non-hydrogen) atoms. The summed E-state index contributed by atoms with van der Waals surface area (Å²) in [6.07, 6.45) is 6.80. The second-order valence-corrected chi connectivity index (χ2v) is 4.78. The highest BCUT2D eigenvalue weighted by atomic mass is 16.6. The Balaban J connectivity index is 1.97. The molecule has 0 N–H and O–H groups in total. The number of benzene rings is 1. The van der Waals surface area contributed by atoms with Crippen LogP contribution in [0.25, 0.3) is 0 Å². The largest absolute Gasteiger partial charge is 0.371 e. The summed E-state index contributed by atoms with van der Waals surface area (Å²) in [5.41, 5.74) is 1.75. The molecule has 2 aromatic rings. The molecule has 2 heterocycles. The molecule has 0 spiro atoms. The van der Waals surface area contributed by atoms with Gasteiger partial charge in [0.25, 0.3) is 5.69 Å². The molecule has 8 nitrogen and oxygen atoms in total. The number of aromatic nitrogens is 3. The standard InChI is InChI=1S/C13H14N6O2/c20-19(21)12-3-4-13(17-5-1-2-6-17)11(7-12)8-16-18-9-14-15-10-18/h3-4,7-10H,1-2,5-6H2. The van der Waals surface area contributed by atoms with Crippen molar-refractivity contribution in [2.75, 3.05) is 18.0 Å². The van der Waals surface area contributed by atoms with Crippen LogP contribution in [0.1, 0.15) is 18.4 Å². The van der Waals surface area contributed by atoms with E-state index in [1.54, 1.807) is 18.3 Å². The molecule has 1 aliphatic heterocycles. The zero-order valence-corrected chi connectivity index (χ0v) is 11.3. The Labute approximate surface area is 120 Å². The fourth-order valence-electron chi connectivity index (χ4n) is 2.39. The van der Waals surface area contributed by atoms with E-state index in [0.717, 1.165) is 37.2 Å². The van der Waals surface area contributed by atoms with Gasteiger partial charge in [0.1, 0.15) is 12.7 Å². The summed E-state index contributed by atoms with van der Waals surface area (Å²) in [6, 6.07) is 4.86. The Morgan fingerprint density at radius 1 is 1.24 bits per heavy atom. The maximum atomic E-state index is 10.9. The van der Waals surface area contributed by atoms with Gasteiger partial charge in [0.2, 0.25) is 0 Å². The van der Waals surface area contributed by atoms with Gasteiger partial charge >= 0.3 is 0 Å². The number of nitrogens with zero attached hydrogens (tertiary/aromatic N) is 6. The van der Waals surface area contributed by atoms with E-state index >= 15 is 0 Å². The third kappa shape index (κ3) is 2.88. The van der Waals surface area contributed by atoms with Crippen molar-refractivity contribution >= 4 is 17.6 Å². The number of anilines is 1. The van der Waals surface area contributed by atoms with Gasteiger partial charge in [-0.3, -0.25) is 10.1 Å². The number of rotatable bonds is 4. The highest BCUT2D eigenvalue weighted by Gasteiger charge is 2.17. The first kappa shape index (κ1) is 13.2. The molecule has 8 heteroatoms. The fraction of sp³-hybridized carbons (Fsp3) is 0.308. The number of nitro groups is 1. The van der Waals surface area contributed by atoms with Crippen molar-refractivity contribution in [3.05, 3.63) is 46.5 Å². The molecular weight excluding hydrogens is 272 g/mol. The number of hydrogen-bond acceptors (Lipinski definition) is 6. The van der Waals surface area contributed by atoms with Crippen molar-refractivity contribution in [2.24, 2.45) is 5.10 Å². The monoisotopic (exact) mass is 286 g/mol. The molecule has 1 saturated heterocycles. The third-order valence-electron chi connectivity index (χ3n) is 3.41. The quantitative estimate of drug-likeness (QED) is 0.484. The van der Waals surface area contributed by atoms with Gasteiger partial charge in [0.05, 0.1) is 11.1 Å². The summed E-state index contributed by atoms with van der Waals surface area (Å²) in [5.74, 6) is 0. The number of nitro benzene ring substituents is 1. The minimum atomic E-state index is -0.399. The SMILES string of the molecule is O=[N+]([O-])c1ccc(N2CCCC2)c(C=Nn2cnnc2)c1. The maximum Gasteiger partial charge on any atom is 0.270 e. The van der Waals surface area contributed by atoms with E-state index in [0.29, 0.717) is 0 Å². The van der Waals surface area contributed by atoms with Crippen molar-refractivity contribution in [3.63, 3.8) is 0 Å². The van der Waals surface area contributed by atoms with E-state index < -0.39 is 4.92 Å². The first-order valence-corrected chi connectivity index (χ1v) is 6.66. The highest BCUT2D eigenvalue weighted by Crippen LogP contribution is 2.27. The van der Waals surface area contributed by atoms with E-state index in [1.807, 2.05) is 0 Å². The van der Waals surface area contributed by atoms with Crippen molar-refractivity contribution in [3.8, 4) is 0 Å². The first-order chi connectivity index (χ1) is 10.2. The minimum absolute atomic E-state index is 0.0585. The average molecular weight is 286 g/mol. The summed E-state index contributed by atoms with van der Waals surface area (Å²) in [6.45, 7) is 1.93. The molecule has 0 unspecified atom stereocenters. The zero-order chi connectivity index (χ0) is 14.7. The van der Waals surface area contributed by atoms with E-state index in [9.17, 15) is 10.1 Å². The predicted molar refractivity (Wildman–Crippen MR) is 77.6 cm³/mol. The van der Waals surface area contributed by atoms with Gasteiger partial charge in [-0.1, -0.05) is 0 Å². The van der Waals surface area contributed by atoms with E-state index in [1.165, 1.54) is 23.4 Å². The lowest BCUT2D eigenvalue weighted by atomic mass is 10.1. The summed E-state index contributed by atoms with van der Waals surface area (Å²) >= 11 is 0. The summed E-state index contributed by atoms with van der Waals surface area (Å²) < 4.78 is 1.45.